The molecule has 2 heterocycles. The average molecular weight is 497 g/mol. The molecule has 2 aromatic carbocycles. The SMILES string of the molecule is CCC1CCCN1c1ccc(NC(=O)c2c[nH]c3cccc(C(F)(F)F)c3c2=O)c(C(F)(F)F)c1. The Morgan fingerprint density at radius 1 is 1.09 bits per heavy atom. The van der Waals surface area contributed by atoms with E-state index < -0.39 is 51.5 Å². The second kappa shape index (κ2) is 8.94. The van der Waals surface area contributed by atoms with Crippen LogP contribution in [-0.2, 0) is 12.4 Å². The minimum Gasteiger partial charge on any atom is -0.369 e. The van der Waals surface area contributed by atoms with Crippen LogP contribution in [0.1, 0.15) is 47.7 Å². The standard InChI is InChI=1S/C24H21F6N3O2/c1-2-13-5-4-10-33(13)14-8-9-18(17(11-14)24(28,29)30)32-22(35)15-12-31-19-7-3-6-16(23(25,26)27)20(19)21(15)34/h3,6-9,11-13H,2,4-5,10H2,1H3,(H,31,34)(H,32,35). The molecular weight excluding hydrogens is 476 g/mol. The van der Waals surface area contributed by atoms with E-state index in [1.165, 1.54) is 12.1 Å². The van der Waals surface area contributed by atoms with Crippen molar-refractivity contribution in [3.8, 4) is 0 Å². The Morgan fingerprint density at radius 3 is 2.46 bits per heavy atom. The normalized spacial score (nSPS) is 16.7. The largest absolute Gasteiger partial charge is 0.418 e. The molecule has 1 fully saturated rings. The molecule has 0 aliphatic carbocycles. The van der Waals surface area contributed by atoms with Crippen molar-refractivity contribution in [2.75, 3.05) is 16.8 Å². The number of anilines is 2. The molecule has 1 saturated heterocycles. The van der Waals surface area contributed by atoms with Gasteiger partial charge in [-0.2, -0.15) is 26.3 Å². The van der Waals surface area contributed by atoms with Gasteiger partial charge in [-0.25, -0.2) is 0 Å². The van der Waals surface area contributed by atoms with Gasteiger partial charge in [0.1, 0.15) is 5.56 Å². The third-order valence-electron chi connectivity index (χ3n) is 6.19. The number of amides is 1. The Kier molecular flexibility index (Phi) is 6.29. The van der Waals surface area contributed by atoms with E-state index in [0.29, 0.717) is 18.3 Å². The number of alkyl halides is 6. The van der Waals surface area contributed by atoms with Gasteiger partial charge in [-0.05, 0) is 49.6 Å². The van der Waals surface area contributed by atoms with Crippen LogP contribution in [0.2, 0.25) is 0 Å². The molecule has 0 spiro atoms. The zero-order valence-electron chi connectivity index (χ0n) is 18.5. The van der Waals surface area contributed by atoms with Crippen LogP contribution in [0.3, 0.4) is 0 Å². The molecule has 1 unspecified atom stereocenters. The summed E-state index contributed by atoms with van der Waals surface area (Å²) in [7, 11) is 0. The fraction of sp³-hybridized carbons (Fsp3) is 0.333. The average Bonchev–Trinajstić information content (AvgIpc) is 3.27. The number of carbonyl (C=O) groups is 1. The molecule has 11 heteroatoms. The van der Waals surface area contributed by atoms with Crippen molar-refractivity contribution in [2.24, 2.45) is 0 Å². The molecule has 35 heavy (non-hydrogen) atoms. The molecule has 0 bridgehead atoms. The van der Waals surface area contributed by atoms with Crippen molar-refractivity contribution in [1.82, 2.24) is 4.98 Å². The first kappa shape index (κ1) is 24.6. The van der Waals surface area contributed by atoms with E-state index in [0.717, 1.165) is 43.7 Å². The number of nitrogens with zero attached hydrogens (tertiary/aromatic N) is 1. The Bertz CT molecular complexity index is 1330. The maximum absolute atomic E-state index is 13.9. The van der Waals surface area contributed by atoms with E-state index in [-0.39, 0.29) is 11.6 Å². The first-order chi connectivity index (χ1) is 16.4. The van der Waals surface area contributed by atoms with Crippen molar-refractivity contribution in [2.45, 2.75) is 44.6 Å². The lowest BCUT2D eigenvalue weighted by atomic mass is 10.0. The molecule has 186 valence electrons. The van der Waals surface area contributed by atoms with Crippen molar-refractivity contribution < 1.29 is 31.1 Å². The monoisotopic (exact) mass is 497 g/mol. The van der Waals surface area contributed by atoms with Gasteiger partial charge >= 0.3 is 12.4 Å². The first-order valence-corrected chi connectivity index (χ1v) is 10.9. The van der Waals surface area contributed by atoms with Gasteiger partial charge in [-0.15, -0.1) is 0 Å². The molecule has 0 radical (unpaired) electrons. The number of H-pyrrole nitrogens is 1. The first-order valence-electron chi connectivity index (χ1n) is 10.9. The minimum absolute atomic E-state index is 0.107. The van der Waals surface area contributed by atoms with Crippen molar-refractivity contribution in [3.63, 3.8) is 0 Å². The van der Waals surface area contributed by atoms with Gasteiger partial charge in [-0.3, -0.25) is 9.59 Å². The van der Waals surface area contributed by atoms with Crippen LogP contribution in [0.4, 0.5) is 37.7 Å². The fourth-order valence-corrected chi connectivity index (χ4v) is 4.52. The van der Waals surface area contributed by atoms with Crippen molar-refractivity contribution >= 4 is 28.2 Å². The van der Waals surface area contributed by atoms with E-state index in [1.54, 1.807) is 0 Å². The van der Waals surface area contributed by atoms with Crippen molar-refractivity contribution in [1.29, 1.82) is 0 Å². The van der Waals surface area contributed by atoms with E-state index in [4.69, 9.17) is 0 Å². The molecule has 1 aliphatic heterocycles. The maximum Gasteiger partial charge on any atom is 0.418 e. The topological polar surface area (TPSA) is 65.2 Å². The van der Waals surface area contributed by atoms with Crippen LogP contribution >= 0.6 is 0 Å². The van der Waals surface area contributed by atoms with Crippen LogP contribution in [-0.4, -0.2) is 23.5 Å². The quantitative estimate of drug-likeness (QED) is 0.422. The number of benzene rings is 2. The molecular formula is C24H21F6N3O2. The third kappa shape index (κ3) is 4.71. The Hall–Kier alpha value is -3.50. The number of rotatable bonds is 4. The lowest BCUT2D eigenvalue weighted by molar-refractivity contribution is -0.137. The lowest BCUT2D eigenvalue weighted by Crippen LogP contribution is -2.29. The van der Waals surface area contributed by atoms with Crippen molar-refractivity contribution in [3.05, 3.63) is 69.5 Å². The zero-order valence-corrected chi connectivity index (χ0v) is 18.5. The van der Waals surface area contributed by atoms with Gasteiger partial charge < -0.3 is 15.2 Å². The number of pyridine rings is 1. The van der Waals surface area contributed by atoms with Crippen LogP contribution in [0.25, 0.3) is 10.9 Å². The summed E-state index contributed by atoms with van der Waals surface area (Å²) in [5.74, 6) is -1.25. The molecule has 1 aromatic heterocycles. The van der Waals surface area contributed by atoms with Crippen LogP contribution in [0.5, 0.6) is 0 Å². The van der Waals surface area contributed by atoms with E-state index >= 15 is 0 Å². The highest BCUT2D eigenvalue weighted by Gasteiger charge is 2.37. The highest BCUT2D eigenvalue weighted by molar-refractivity contribution is 6.06. The summed E-state index contributed by atoms with van der Waals surface area (Å²) in [5, 5.41) is 1.30. The summed E-state index contributed by atoms with van der Waals surface area (Å²) in [4.78, 5) is 29.9. The predicted molar refractivity (Wildman–Crippen MR) is 120 cm³/mol. The van der Waals surface area contributed by atoms with Crippen LogP contribution in [0.15, 0.2) is 47.4 Å². The number of hydrogen-bond donors (Lipinski definition) is 2. The summed E-state index contributed by atoms with van der Waals surface area (Å²) >= 11 is 0. The Morgan fingerprint density at radius 2 is 1.80 bits per heavy atom. The number of hydrogen-bond acceptors (Lipinski definition) is 3. The number of halogens is 6. The number of nitrogens with one attached hydrogen (secondary N) is 2. The highest BCUT2D eigenvalue weighted by atomic mass is 19.4. The highest BCUT2D eigenvalue weighted by Crippen LogP contribution is 2.39. The van der Waals surface area contributed by atoms with E-state index in [1.807, 2.05) is 11.8 Å². The number of fused-ring (bicyclic) bond motifs is 1. The zero-order chi connectivity index (χ0) is 25.5. The second-order valence-corrected chi connectivity index (χ2v) is 8.34. The molecule has 5 nitrogen and oxygen atoms in total. The van der Waals surface area contributed by atoms with Gasteiger partial charge in [0.15, 0.2) is 0 Å². The van der Waals surface area contributed by atoms with Crippen LogP contribution < -0.4 is 15.6 Å². The molecule has 4 rings (SSSR count). The number of carbonyl (C=O) groups excluding carboxylic acids is 1. The molecule has 1 amide bonds. The van der Waals surface area contributed by atoms with E-state index in [9.17, 15) is 35.9 Å². The number of aromatic amines is 1. The summed E-state index contributed by atoms with van der Waals surface area (Å²) in [5.41, 5.74) is -4.73. The van der Waals surface area contributed by atoms with Gasteiger partial charge in [0, 0.05) is 30.0 Å². The Balaban J connectivity index is 1.73. The second-order valence-electron chi connectivity index (χ2n) is 8.34. The van der Waals surface area contributed by atoms with Gasteiger partial charge in [0.25, 0.3) is 5.91 Å². The van der Waals surface area contributed by atoms with Gasteiger partial charge in [0.05, 0.1) is 22.2 Å². The summed E-state index contributed by atoms with van der Waals surface area (Å²) < 4.78 is 81.8. The smallest absolute Gasteiger partial charge is 0.369 e. The minimum atomic E-state index is -4.87. The van der Waals surface area contributed by atoms with Crippen LogP contribution in [0, 0.1) is 0 Å². The molecule has 0 saturated carbocycles. The third-order valence-corrected chi connectivity index (χ3v) is 6.19. The summed E-state index contributed by atoms with van der Waals surface area (Å²) in [6.07, 6.45) is -6.32. The van der Waals surface area contributed by atoms with Gasteiger partial charge in [0.2, 0.25) is 5.43 Å². The van der Waals surface area contributed by atoms with Gasteiger partial charge in [-0.1, -0.05) is 13.0 Å². The lowest BCUT2D eigenvalue weighted by Gasteiger charge is -2.27. The Labute approximate surface area is 195 Å². The summed E-state index contributed by atoms with van der Waals surface area (Å²) in [6, 6.07) is 6.62. The molecule has 1 aliphatic rings. The number of aromatic nitrogens is 1. The molecule has 3 aromatic rings. The predicted octanol–water partition coefficient (Wildman–Crippen LogP) is 6.20. The molecule has 1 atom stereocenters. The summed E-state index contributed by atoms with van der Waals surface area (Å²) in [6.45, 7) is 2.56. The fourth-order valence-electron chi connectivity index (χ4n) is 4.52. The molecule has 2 N–H and O–H groups in total. The maximum atomic E-state index is 13.9. The van der Waals surface area contributed by atoms with E-state index in [2.05, 4.69) is 10.3 Å².